The molecule has 0 aromatic rings. The minimum Gasteiger partial charge on any atom is -0.481 e. The van der Waals surface area contributed by atoms with Crippen molar-refractivity contribution >= 4 is 22.1 Å². The first-order valence-corrected chi connectivity index (χ1v) is 8.59. The molecule has 2 saturated heterocycles. The summed E-state index contributed by atoms with van der Waals surface area (Å²) in [7, 11) is -3.80. The second kappa shape index (κ2) is 6.71. The Hall–Kier alpha value is -1.19. The zero-order valence-corrected chi connectivity index (χ0v) is 12.6. The lowest BCUT2D eigenvalue weighted by Crippen LogP contribution is -2.49. The van der Waals surface area contributed by atoms with Crippen molar-refractivity contribution < 1.29 is 23.1 Å². The van der Waals surface area contributed by atoms with Gasteiger partial charge in [-0.15, -0.1) is 0 Å². The molecule has 2 heterocycles. The largest absolute Gasteiger partial charge is 0.481 e. The maximum atomic E-state index is 12.1. The highest BCUT2D eigenvalue weighted by atomic mass is 32.2. The maximum absolute atomic E-state index is 12.1. The first-order chi connectivity index (χ1) is 9.90. The topological polar surface area (TPSA) is 107 Å². The summed E-state index contributed by atoms with van der Waals surface area (Å²) < 4.78 is 27.6. The third-order valence-electron chi connectivity index (χ3n) is 3.94. The highest BCUT2D eigenvalue weighted by Crippen LogP contribution is 2.18. The van der Waals surface area contributed by atoms with Crippen LogP contribution in [0.25, 0.3) is 0 Å². The van der Waals surface area contributed by atoms with Crippen LogP contribution < -0.4 is 4.72 Å². The van der Waals surface area contributed by atoms with E-state index in [2.05, 4.69) is 4.72 Å². The number of aliphatic carboxylic acids is 1. The molecule has 1 amide bonds. The highest BCUT2D eigenvalue weighted by Gasteiger charge is 2.32. The van der Waals surface area contributed by atoms with Gasteiger partial charge < -0.3 is 10.0 Å². The third kappa shape index (κ3) is 4.14. The SMILES string of the molecule is O=C(O)C1CCCN(S(=O)(=O)NCC(=O)N2CCCC2)C1. The first-order valence-electron chi connectivity index (χ1n) is 7.15. The maximum Gasteiger partial charge on any atom is 0.307 e. The van der Waals surface area contributed by atoms with Crippen LogP contribution in [-0.2, 0) is 19.8 Å². The van der Waals surface area contributed by atoms with Crippen molar-refractivity contribution in [3.63, 3.8) is 0 Å². The van der Waals surface area contributed by atoms with Crippen LogP contribution in [0.5, 0.6) is 0 Å². The Morgan fingerprint density at radius 3 is 2.43 bits per heavy atom. The lowest BCUT2D eigenvalue weighted by Gasteiger charge is -2.29. The van der Waals surface area contributed by atoms with Gasteiger partial charge in [-0.2, -0.15) is 17.4 Å². The average Bonchev–Trinajstić information content (AvgIpc) is 2.99. The molecule has 0 saturated carbocycles. The molecule has 9 heteroatoms. The van der Waals surface area contributed by atoms with Gasteiger partial charge in [-0.3, -0.25) is 9.59 Å². The number of carbonyl (C=O) groups excluding carboxylic acids is 1. The average molecular weight is 319 g/mol. The van der Waals surface area contributed by atoms with Crippen molar-refractivity contribution in [3.05, 3.63) is 0 Å². The number of carboxylic acid groups (broad SMARTS) is 1. The fraction of sp³-hybridized carbons (Fsp3) is 0.833. The summed E-state index contributed by atoms with van der Waals surface area (Å²) in [5, 5.41) is 8.98. The molecular formula is C12H21N3O5S. The van der Waals surface area contributed by atoms with Gasteiger partial charge in [0.2, 0.25) is 5.91 Å². The van der Waals surface area contributed by atoms with Gasteiger partial charge in [0.05, 0.1) is 12.5 Å². The fourth-order valence-electron chi connectivity index (χ4n) is 2.68. The summed E-state index contributed by atoms with van der Waals surface area (Å²) in [5.74, 6) is -1.89. The minimum atomic E-state index is -3.80. The molecule has 0 radical (unpaired) electrons. The summed E-state index contributed by atoms with van der Waals surface area (Å²) in [6.45, 7) is 1.33. The van der Waals surface area contributed by atoms with Crippen molar-refractivity contribution in [2.45, 2.75) is 25.7 Å². The summed E-state index contributed by atoms with van der Waals surface area (Å²) in [4.78, 5) is 24.4. The number of nitrogens with one attached hydrogen (secondary N) is 1. The van der Waals surface area contributed by atoms with Crippen LogP contribution in [0.2, 0.25) is 0 Å². The molecule has 1 unspecified atom stereocenters. The van der Waals surface area contributed by atoms with Crippen LogP contribution in [0, 0.1) is 5.92 Å². The van der Waals surface area contributed by atoms with E-state index in [0.29, 0.717) is 25.9 Å². The fourth-order valence-corrected chi connectivity index (χ4v) is 3.92. The van der Waals surface area contributed by atoms with Crippen LogP contribution in [0.1, 0.15) is 25.7 Å². The van der Waals surface area contributed by atoms with E-state index in [1.54, 1.807) is 4.90 Å². The minimum absolute atomic E-state index is 0.0391. The zero-order valence-electron chi connectivity index (χ0n) is 11.8. The molecule has 0 aromatic heterocycles. The predicted octanol–water partition coefficient (Wildman–Crippen LogP) is -0.760. The number of amides is 1. The zero-order chi connectivity index (χ0) is 15.5. The highest BCUT2D eigenvalue weighted by molar-refractivity contribution is 7.87. The van der Waals surface area contributed by atoms with Gasteiger partial charge in [-0.1, -0.05) is 0 Å². The number of rotatable bonds is 5. The standard InChI is InChI=1S/C12H21N3O5S/c16-11(14-5-1-2-6-14)8-13-21(19,20)15-7-3-4-10(9-15)12(17)18/h10,13H,1-9H2,(H,17,18). The number of carboxylic acids is 1. The number of likely N-dealkylation sites (tertiary alicyclic amines) is 1. The third-order valence-corrected chi connectivity index (χ3v) is 5.46. The van der Waals surface area contributed by atoms with Gasteiger partial charge in [0, 0.05) is 26.2 Å². The van der Waals surface area contributed by atoms with Gasteiger partial charge in [0.1, 0.15) is 0 Å². The van der Waals surface area contributed by atoms with Crippen molar-refractivity contribution in [3.8, 4) is 0 Å². The van der Waals surface area contributed by atoms with E-state index in [-0.39, 0.29) is 25.5 Å². The van der Waals surface area contributed by atoms with Crippen molar-refractivity contribution in [1.29, 1.82) is 0 Å². The molecule has 0 spiro atoms. The van der Waals surface area contributed by atoms with E-state index in [1.807, 2.05) is 0 Å². The molecule has 0 bridgehead atoms. The quantitative estimate of drug-likeness (QED) is 0.693. The van der Waals surface area contributed by atoms with E-state index in [1.165, 1.54) is 0 Å². The second-order valence-electron chi connectivity index (χ2n) is 5.45. The lowest BCUT2D eigenvalue weighted by atomic mass is 10.0. The van der Waals surface area contributed by atoms with Gasteiger partial charge in [0.25, 0.3) is 10.2 Å². The molecule has 21 heavy (non-hydrogen) atoms. The summed E-state index contributed by atoms with van der Waals surface area (Å²) in [6, 6.07) is 0. The van der Waals surface area contributed by atoms with Crippen LogP contribution in [0.4, 0.5) is 0 Å². The Labute approximate surface area is 124 Å². The number of hydrogen-bond acceptors (Lipinski definition) is 4. The predicted molar refractivity (Wildman–Crippen MR) is 74.7 cm³/mol. The summed E-state index contributed by atoms with van der Waals surface area (Å²) in [6.07, 6.45) is 2.89. The molecule has 0 aromatic carbocycles. The van der Waals surface area contributed by atoms with Crippen LogP contribution in [-0.4, -0.2) is 67.3 Å². The molecule has 2 rings (SSSR count). The van der Waals surface area contributed by atoms with Crippen LogP contribution in [0.3, 0.4) is 0 Å². The molecule has 120 valence electrons. The van der Waals surface area contributed by atoms with Gasteiger partial charge >= 0.3 is 5.97 Å². The van der Waals surface area contributed by atoms with Crippen molar-refractivity contribution in [2.24, 2.45) is 5.92 Å². The Balaban J connectivity index is 1.88. The monoisotopic (exact) mass is 319 g/mol. The molecule has 2 aliphatic rings. The van der Waals surface area contributed by atoms with E-state index in [0.717, 1.165) is 17.1 Å². The molecule has 2 fully saturated rings. The Kier molecular flexibility index (Phi) is 5.17. The first kappa shape index (κ1) is 16.2. The van der Waals surface area contributed by atoms with Crippen LogP contribution in [0.15, 0.2) is 0 Å². The molecule has 1 atom stereocenters. The number of piperidine rings is 1. The Morgan fingerprint density at radius 1 is 1.14 bits per heavy atom. The lowest BCUT2D eigenvalue weighted by molar-refractivity contribution is -0.143. The summed E-state index contributed by atoms with van der Waals surface area (Å²) in [5.41, 5.74) is 0. The molecule has 2 aliphatic heterocycles. The molecule has 0 aliphatic carbocycles. The Morgan fingerprint density at radius 2 is 1.81 bits per heavy atom. The van der Waals surface area contributed by atoms with Crippen molar-refractivity contribution in [1.82, 2.24) is 13.9 Å². The summed E-state index contributed by atoms with van der Waals surface area (Å²) >= 11 is 0. The molecule has 8 nitrogen and oxygen atoms in total. The van der Waals surface area contributed by atoms with Gasteiger partial charge in [-0.05, 0) is 25.7 Å². The molecule has 2 N–H and O–H groups in total. The normalized spacial score (nSPS) is 24.2. The van der Waals surface area contributed by atoms with Gasteiger partial charge in [-0.25, -0.2) is 0 Å². The van der Waals surface area contributed by atoms with Crippen molar-refractivity contribution in [2.75, 3.05) is 32.7 Å². The van der Waals surface area contributed by atoms with Gasteiger partial charge in [0.15, 0.2) is 0 Å². The van der Waals surface area contributed by atoms with E-state index >= 15 is 0 Å². The number of hydrogen-bond donors (Lipinski definition) is 2. The van der Waals surface area contributed by atoms with E-state index < -0.39 is 22.1 Å². The van der Waals surface area contributed by atoms with E-state index in [4.69, 9.17) is 5.11 Å². The van der Waals surface area contributed by atoms with E-state index in [9.17, 15) is 18.0 Å². The molecular weight excluding hydrogens is 298 g/mol. The number of carbonyl (C=O) groups is 2. The second-order valence-corrected chi connectivity index (χ2v) is 7.20. The Bertz CT molecular complexity index is 501. The van der Waals surface area contributed by atoms with Crippen LogP contribution >= 0.6 is 0 Å². The number of nitrogens with zero attached hydrogens (tertiary/aromatic N) is 2. The smallest absolute Gasteiger partial charge is 0.307 e.